The molecule has 0 aliphatic rings. The molecule has 0 saturated carbocycles. The van der Waals surface area contributed by atoms with Gasteiger partial charge in [0, 0.05) is 18.9 Å². The number of aliphatic imine (C=N–C) groups is 1. The average Bonchev–Trinajstić information content (AvgIpc) is 3.24. The van der Waals surface area contributed by atoms with Crippen molar-refractivity contribution in [2.24, 2.45) is 4.99 Å². The predicted octanol–water partition coefficient (Wildman–Crippen LogP) is 3.51. The number of rotatable bonds is 8. The van der Waals surface area contributed by atoms with Crippen molar-refractivity contribution in [1.82, 2.24) is 20.4 Å². The molecular weight excluding hydrogens is 489 g/mol. The number of nitrogens with zero attached hydrogens (tertiary/aromatic N) is 3. The van der Waals surface area contributed by atoms with Crippen molar-refractivity contribution in [3.63, 3.8) is 0 Å². The third kappa shape index (κ3) is 7.14. The summed E-state index contributed by atoms with van der Waals surface area (Å²) in [6.45, 7) is 6.23. The lowest BCUT2D eigenvalue weighted by Crippen LogP contribution is -2.44. The summed E-state index contributed by atoms with van der Waals surface area (Å²) >= 11 is 0. The maximum Gasteiger partial charge on any atom is 0.191 e. The van der Waals surface area contributed by atoms with E-state index in [9.17, 15) is 5.11 Å². The average molecular weight is 519 g/mol. The summed E-state index contributed by atoms with van der Waals surface area (Å²) in [5.74, 6) is 0.682. The van der Waals surface area contributed by atoms with Gasteiger partial charge in [-0.05, 0) is 36.6 Å². The van der Waals surface area contributed by atoms with Crippen molar-refractivity contribution in [2.45, 2.75) is 32.5 Å². The van der Waals surface area contributed by atoms with Crippen LogP contribution in [0.4, 0.5) is 0 Å². The molecule has 0 amide bonds. The molecule has 0 fully saturated rings. The summed E-state index contributed by atoms with van der Waals surface area (Å²) in [5.41, 5.74) is 2.20. The minimum atomic E-state index is -0.985. The molecule has 2 aromatic carbocycles. The van der Waals surface area contributed by atoms with Crippen molar-refractivity contribution in [3.05, 3.63) is 89.7 Å². The van der Waals surface area contributed by atoms with Crippen LogP contribution in [-0.4, -0.2) is 33.9 Å². The lowest BCUT2D eigenvalue weighted by atomic mass is 9.96. The summed E-state index contributed by atoms with van der Waals surface area (Å²) in [5, 5.41) is 21.5. The Morgan fingerprint density at radius 3 is 2.53 bits per heavy atom. The first kappa shape index (κ1) is 23.9. The van der Waals surface area contributed by atoms with Crippen LogP contribution in [0.25, 0.3) is 0 Å². The van der Waals surface area contributed by atoms with Crippen molar-refractivity contribution < 1.29 is 5.11 Å². The normalized spacial score (nSPS) is 13.2. The number of hydrogen-bond acceptors (Lipinski definition) is 3. The lowest BCUT2D eigenvalue weighted by molar-refractivity contribution is 0.0617. The molecule has 0 aliphatic carbocycles. The Hall–Kier alpha value is -2.39. The highest BCUT2D eigenvalue weighted by atomic mass is 127. The molecule has 30 heavy (non-hydrogen) atoms. The van der Waals surface area contributed by atoms with E-state index in [1.54, 1.807) is 13.1 Å². The molecule has 3 aromatic rings. The van der Waals surface area contributed by atoms with Crippen LogP contribution in [0.2, 0.25) is 0 Å². The fourth-order valence-electron chi connectivity index (χ4n) is 3.07. The minimum absolute atomic E-state index is 0. The molecule has 0 aliphatic heterocycles. The maximum absolute atomic E-state index is 10.8. The van der Waals surface area contributed by atoms with Gasteiger partial charge < -0.3 is 15.7 Å². The van der Waals surface area contributed by atoms with Crippen LogP contribution in [0.5, 0.6) is 0 Å². The fourth-order valence-corrected chi connectivity index (χ4v) is 3.07. The number of hydrogen-bond donors (Lipinski definition) is 3. The van der Waals surface area contributed by atoms with Gasteiger partial charge in [0.2, 0.25) is 0 Å². The molecule has 1 heterocycles. The summed E-state index contributed by atoms with van der Waals surface area (Å²) in [4.78, 5) is 4.68. The molecule has 160 valence electrons. The SMILES string of the molecule is CCNC(=NCc1cccc(Cn2cccn2)c1)NCC(C)(O)c1ccccc1.I. The maximum atomic E-state index is 10.8. The van der Waals surface area contributed by atoms with E-state index in [4.69, 9.17) is 0 Å². The van der Waals surface area contributed by atoms with E-state index >= 15 is 0 Å². The molecule has 3 N–H and O–H groups in total. The van der Waals surface area contributed by atoms with Crippen molar-refractivity contribution in [2.75, 3.05) is 13.1 Å². The molecule has 0 spiro atoms. The van der Waals surface area contributed by atoms with Gasteiger partial charge in [-0.3, -0.25) is 4.68 Å². The third-order valence-electron chi connectivity index (χ3n) is 4.65. The fraction of sp³-hybridized carbons (Fsp3) is 0.304. The highest BCUT2D eigenvalue weighted by molar-refractivity contribution is 14.0. The van der Waals surface area contributed by atoms with Crippen LogP contribution < -0.4 is 10.6 Å². The van der Waals surface area contributed by atoms with Gasteiger partial charge in [0.15, 0.2) is 5.96 Å². The molecule has 1 aromatic heterocycles. The molecule has 0 radical (unpaired) electrons. The zero-order valence-corrected chi connectivity index (χ0v) is 19.8. The minimum Gasteiger partial charge on any atom is -0.384 e. The first-order valence-corrected chi connectivity index (χ1v) is 9.92. The number of benzene rings is 2. The first-order valence-electron chi connectivity index (χ1n) is 9.92. The van der Waals surface area contributed by atoms with Crippen LogP contribution in [0, 0.1) is 0 Å². The van der Waals surface area contributed by atoms with E-state index in [1.807, 2.05) is 60.3 Å². The molecule has 3 rings (SSSR count). The number of halogens is 1. The molecule has 6 nitrogen and oxygen atoms in total. The second-order valence-electron chi connectivity index (χ2n) is 7.21. The Labute approximate surface area is 195 Å². The predicted molar refractivity (Wildman–Crippen MR) is 132 cm³/mol. The Bertz CT molecular complexity index is 910. The Balaban J connectivity index is 0.00000320. The van der Waals surface area contributed by atoms with E-state index in [-0.39, 0.29) is 24.0 Å². The second-order valence-corrected chi connectivity index (χ2v) is 7.21. The van der Waals surface area contributed by atoms with E-state index < -0.39 is 5.60 Å². The number of nitrogens with one attached hydrogen (secondary N) is 2. The summed E-state index contributed by atoms with van der Waals surface area (Å²) in [6.07, 6.45) is 3.74. The molecular formula is C23H30IN5O. The van der Waals surface area contributed by atoms with Gasteiger partial charge in [-0.2, -0.15) is 5.10 Å². The van der Waals surface area contributed by atoms with Gasteiger partial charge in [0.05, 0.1) is 19.6 Å². The summed E-state index contributed by atoms with van der Waals surface area (Å²) in [7, 11) is 0. The highest BCUT2D eigenvalue weighted by Gasteiger charge is 2.22. The topological polar surface area (TPSA) is 74.5 Å². The molecule has 0 bridgehead atoms. The van der Waals surface area contributed by atoms with Gasteiger partial charge in [0.25, 0.3) is 0 Å². The van der Waals surface area contributed by atoms with Crippen molar-refractivity contribution in [1.29, 1.82) is 0 Å². The summed E-state index contributed by atoms with van der Waals surface area (Å²) < 4.78 is 1.90. The largest absolute Gasteiger partial charge is 0.384 e. The highest BCUT2D eigenvalue weighted by Crippen LogP contribution is 2.18. The Morgan fingerprint density at radius 2 is 1.83 bits per heavy atom. The van der Waals surface area contributed by atoms with Gasteiger partial charge in [-0.15, -0.1) is 24.0 Å². The lowest BCUT2D eigenvalue weighted by Gasteiger charge is -2.25. The van der Waals surface area contributed by atoms with E-state index in [0.717, 1.165) is 24.2 Å². The molecule has 1 atom stereocenters. The molecule has 7 heteroatoms. The number of guanidine groups is 1. The quantitative estimate of drug-likeness (QED) is 0.242. The van der Waals surface area contributed by atoms with E-state index in [1.165, 1.54) is 5.56 Å². The van der Waals surface area contributed by atoms with Crippen LogP contribution in [-0.2, 0) is 18.7 Å². The molecule has 0 saturated heterocycles. The zero-order valence-electron chi connectivity index (χ0n) is 17.5. The van der Waals surface area contributed by atoms with Crippen LogP contribution in [0.3, 0.4) is 0 Å². The Morgan fingerprint density at radius 1 is 1.07 bits per heavy atom. The van der Waals surface area contributed by atoms with Crippen molar-refractivity contribution in [3.8, 4) is 0 Å². The van der Waals surface area contributed by atoms with Crippen molar-refractivity contribution >= 4 is 29.9 Å². The third-order valence-corrected chi connectivity index (χ3v) is 4.65. The van der Waals surface area contributed by atoms with Crippen LogP contribution in [0.1, 0.15) is 30.5 Å². The molecule has 1 unspecified atom stereocenters. The van der Waals surface area contributed by atoms with Crippen LogP contribution in [0.15, 0.2) is 78.0 Å². The Kier molecular flexibility index (Phi) is 9.32. The number of aromatic nitrogens is 2. The van der Waals surface area contributed by atoms with E-state index in [2.05, 4.69) is 38.9 Å². The zero-order chi connectivity index (χ0) is 20.5. The van der Waals surface area contributed by atoms with Gasteiger partial charge in [0.1, 0.15) is 5.60 Å². The summed E-state index contributed by atoms with van der Waals surface area (Å²) in [6, 6.07) is 19.9. The number of aliphatic hydroxyl groups is 1. The van der Waals surface area contributed by atoms with Gasteiger partial charge in [-0.1, -0.05) is 54.6 Å². The van der Waals surface area contributed by atoms with E-state index in [0.29, 0.717) is 19.0 Å². The standard InChI is InChI=1S/C23H29N5O.HI/c1-3-24-22(26-18-23(2,29)21-11-5-4-6-12-21)25-16-19-9-7-10-20(15-19)17-28-14-8-13-27-28;/h4-15,29H,3,16-18H2,1-2H3,(H2,24,25,26);1H. The monoisotopic (exact) mass is 519 g/mol. The smallest absolute Gasteiger partial charge is 0.191 e. The van der Waals surface area contributed by atoms with Gasteiger partial charge >= 0.3 is 0 Å². The first-order chi connectivity index (χ1) is 14.1. The van der Waals surface area contributed by atoms with Crippen LogP contribution >= 0.6 is 24.0 Å². The van der Waals surface area contributed by atoms with Gasteiger partial charge in [-0.25, -0.2) is 4.99 Å². The second kappa shape index (κ2) is 11.7.